The van der Waals surface area contributed by atoms with Crippen molar-refractivity contribution >= 4 is 22.6 Å². The van der Waals surface area contributed by atoms with E-state index in [9.17, 15) is 9.59 Å². The fourth-order valence-corrected chi connectivity index (χ4v) is 4.40. The Labute approximate surface area is 175 Å². The van der Waals surface area contributed by atoms with E-state index in [4.69, 9.17) is 9.47 Å². The molecule has 0 saturated heterocycles. The summed E-state index contributed by atoms with van der Waals surface area (Å²) in [5.74, 6) is 0.421. The topological polar surface area (TPSA) is 55.8 Å². The highest BCUT2D eigenvalue weighted by Gasteiger charge is 2.32. The number of rotatable bonds is 5. The molecule has 2 aliphatic rings. The Morgan fingerprint density at radius 2 is 1.77 bits per heavy atom. The maximum atomic E-state index is 13.0. The minimum absolute atomic E-state index is 0.181. The van der Waals surface area contributed by atoms with Crippen LogP contribution in [-0.4, -0.2) is 36.2 Å². The molecule has 30 heavy (non-hydrogen) atoms. The van der Waals surface area contributed by atoms with Gasteiger partial charge in [-0.15, -0.1) is 0 Å². The monoisotopic (exact) mass is 401 g/mol. The lowest BCUT2D eigenvalue weighted by atomic mass is 9.93. The summed E-state index contributed by atoms with van der Waals surface area (Å²) in [6.07, 6.45) is 2.15. The molecule has 2 heterocycles. The van der Waals surface area contributed by atoms with Crippen LogP contribution in [-0.2, 0) is 17.6 Å². The largest absolute Gasteiger partial charge is 0.465 e. The van der Waals surface area contributed by atoms with Gasteiger partial charge in [0.25, 0.3) is 11.8 Å². The van der Waals surface area contributed by atoms with E-state index < -0.39 is 0 Å². The van der Waals surface area contributed by atoms with E-state index in [1.165, 1.54) is 4.90 Å². The molecule has 0 radical (unpaired) electrons. The Bertz CT molecular complexity index is 1100. The number of imide groups is 1. The van der Waals surface area contributed by atoms with Crippen LogP contribution in [0.4, 0.5) is 0 Å². The molecule has 5 heteroatoms. The lowest BCUT2D eigenvalue weighted by Gasteiger charge is -2.28. The Kier molecular flexibility index (Phi) is 4.75. The number of aryl methyl sites for hydroxylation is 1. The summed E-state index contributed by atoms with van der Waals surface area (Å²) >= 11 is 0. The van der Waals surface area contributed by atoms with Crippen LogP contribution in [0.2, 0.25) is 0 Å². The summed E-state index contributed by atoms with van der Waals surface area (Å²) in [6, 6.07) is 17.3. The summed E-state index contributed by atoms with van der Waals surface area (Å²) in [6.45, 7) is 2.94. The Morgan fingerprint density at radius 1 is 1.03 bits per heavy atom. The molecule has 1 unspecified atom stereocenters. The number of fused-ring (bicyclic) bond motifs is 1. The number of carbonyl (C=O) groups excluding carboxylic acids is 2. The second-order valence-corrected chi connectivity index (χ2v) is 7.70. The Hall–Kier alpha value is -3.18. The average Bonchev–Trinajstić information content (AvgIpc) is 2.77. The maximum absolute atomic E-state index is 13.0. The molecule has 3 aromatic carbocycles. The van der Waals surface area contributed by atoms with Gasteiger partial charge in [-0.2, -0.15) is 0 Å². The van der Waals surface area contributed by atoms with Crippen LogP contribution in [0.25, 0.3) is 10.8 Å². The fraction of sp³-hybridized carbons (Fsp3) is 0.280. The third-order valence-electron chi connectivity index (χ3n) is 5.87. The minimum Gasteiger partial charge on any atom is -0.465 e. The molecule has 0 fully saturated rings. The van der Waals surface area contributed by atoms with Crippen LogP contribution in [0.1, 0.15) is 45.2 Å². The predicted octanol–water partition coefficient (Wildman–Crippen LogP) is 4.37. The molecule has 0 bridgehead atoms. The van der Waals surface area contributed by atoms with E-state index >= 15 is 0 Å². The van der Waals surface area contributed by atoms with Crippen molar-refractivity contribution in [3.05, 3.63) is 76.9 Å². The molecule has 1 atom stereocenters. The van der Waals surface area contributed by atoms with E-state index in [2.05, 4.69) is 6.07 Å². The van der Waals surface area contributed by atoms with Crippen molar-refractivity contribution in [2.75, 3.05) is 13.2 Å². The molecule has 0 aromatic heterocycles. The van der Waals surface area contributed by atoms with Gasteiger partial charge in [0.1, 0.15) is 5.75 Å². The first-order valence-electron chi connectivity index (χ1n) is 10.4. The molecular formula is C25H23NO4. The number of hydrogen-bond donors (Lipinski definition) is 0. The summed E-state index contributed by atoms with van der Waals surface area (Å²) in [5.41, 5.74) is 3.44. The summed E-state index contributed by atoms with van der Waals surface area (Å²) in [4.78, 5) is 27.4. The van der Waals surface area contributed by atoms with Crippen molar-refractivity contribution in [3.8, 4) is 5.75 Å². The van der Waals surface area contributed by atoms with Gasteiger partial charge in [0.05, 0.1) is 0 Å². The van der Waals surface area contributed by atoms with E-state index in [0.717, 1.165) is 40.5 Å². The van der Waals surface area contributed by atoms with Crippen LogP contribution < -0.4 is 4.74 Å². The number of nitrogens with zero attached hydrogens (tertiary/aromatic N) is 1. The lowest BCUT2D eigenvalue weighted by Crippen LogP contribution is -2.41. The zero-order valence-electron chi connectivity index (χ0n) is 16.9. The van der Waals surface area contributed by atoms with E-state index in [1.54, 1.807) is 12.1 Å². The van der Waals surface area contributed by atoms with Gasteiger partial charge < -0.3 is 9.47 Å². The third-order valence-corrected chi connectivity index (χ3v) is 5.87. The lowest BCUT2D eigenvalue weighted by molar-refractivity contribution is -0.0861. The van der Waals surface area contributed by atoms with Gasteiger partial charge in [-0.05, 0) is 54.5 Å². The number of benzene rings is 3. The number of amides is 2. The van der Waals surface area contributed by atoms with Crippen molar-refractivity contribution < 1.29 is 19.1 Å². The van der Waals surface area contributed by atoms with Gasteiger partial charge in [0.2, 0.25) is 0 Å². The molecule has 5 rings (SSSR count). The highest BCUT2D eigenvalue weighted by atomic mass is 16.7. The Morgan fingerprint density at radius 3 is 2.47 bits per heavy atom. The highest BCUT2D eigenvalue weighted by molar-refractivity contribution is 6.25. The molecule has 152 valence electrons. The van der Waals surface area contributed by atoms with Gasteiger partial charge in [-0.3, -0.25) is 14.5 Å². The molecule has 2 aliphatic heterocycles. The SMILES string of the molecule is CCOC1CCc2cc(CCN3C(=O)c4cccc5cccc(c45)C3=O)ccc2O1. The average molecular weight is 401 g/mol. The number of hydrogen-bond acceptors (Lipinski definition) is 4. The van der Waals surface area contributed by atoms with Gasteiger partial charge in [0.15, 0.2) is 6.29 Å². The van der Waals surface area contributed by atoms with E-state index in [1.807, 2.05) is 43.3 Å². The van der Waals surface area contributed by atoms with Crippen LogP contribution in [0.15, 0.2) is 54.6 Å². The zero-order chi connectivity index (χ0) is 20.7. The molecule has 2 amide bonds. The van der Waals surface area contributed by atoms with E-state index in [0.29, 0.717) is 30.7 Å². The summed E-state index contributed by atoms with van der Waals surface area (Å²) in [7, 11) is 0. The first-order valence-corrected chi connectivity index (χ1v) is 10.4. The first-order chi connectivity index (χ1) is 14.7. The van der Waals surface area contributed by atoms with Gasteiger partial charge in [0, 0.05) is 36.1 Å². The normalized spacial score (nSPS) is 17.8. The Balaban J connectivity index is 1.35. The molecular weight excluding hydrogens is 378 g/mol. The first kappa shape index (κ1) is 18.8. The fourth-order valence-electron chi connectivity index (χ4n) is 4.40. The quantitative estimate of drug-likeness (QED) is 0.596. The molecule has 5 nitrogen and oxygen atoms in total. The number of ether oxygens (including phenoxy) is 2. The van der Waals surface area contributed by atoms with Crippen LogP contribution >= 0.6 is 0 Å². The highest BCUT2D eigenvalue weighted by Crippen LogP contribution is 2.31. The second-order valence-electron chi connectivity index (χ2n) is 7.70. The molecule has 0 aliphatic carbocycles. The smallest absolute Gasteiger partial charge is 0.261 e. The maximum Gasteiger partial charge on any atom is 0.261 e. The van der Waals surface area contributed by atoms with Crippen LogP contribution in [0.5, 0.6) is 5.75 Å². The number of carbonyl (C=O) groups is 2. The molecule has 0 spiro atoms. The van der Waals surface area contributed by atoms with Crippen LogP contribution in [0.3, 0.4) is 0 Å². The summed E-state index contributed by atoms with van der Waals surface area (Å²) < 4.78 is 11.5. The van der Waals surface area contributed by atoms with Crippen molar-refractivity contribution in [3.63, 3.8) is 0 Å². The van der Waals surface area contributed by atoms with Gasteiger partial charge >= 0.3 is 0 Å². The standard InChI is InChI=1S/C25H23NO4/c1-2-29-22-12-10-18-15-16(9-11-21(18)30-22)13-14-26-24(27)19-7-3-5-17-6-4-8-20(23(17)19)25(26)28/h3-9,11,15,22H,2,10,12-14H2,1H3. The van der Waals surface area contributed by atoms with Crippen molar-refractivity contribution in [2.24, 2.45) is 0 Å². The molecule has 0 N–H and O–H groups in total. The second kappa shape index (κ2) is 7.58. The summed E-state index contributed by atoms with van der Waals surface area (Å²) in [5, 5.41) is 1.69. The van der Waals surface area contributed by atoms with Crippen molar-refractivity contribution in [1.82, 2.24) is 4.90 Å². The molecule has 3 aromatic rings. The van der Waals surface area contributed by atoms with Crippen LogP contribution in [0, 0.1) is 0 Å². The van der Waals surface area contributed by atoms with Gasteiger partial charge in [-0.25, -0.2) is 0 Å². The van der Waals surface area contributed by atoms with E-state index in [-0.39, 0.29) is 18.1 Å². The van der Waals surface area contributed by atoms with Crippen molar-refractivity contribution in [1.29, 1.82) is 0 Å². The minimum atomic E-state index is -0.217. The third kappa shape index (κ3) is 3.15. The molecule has 0 saturated carbocycles. The van der Waals surface area contributed by atoms with Crippen molar-refractivity contribution in [2.45, 2.75) is 32.5 Å². The zero-order valence-corrected chi connectivity index (χ0v) is 16.9. The van der Waals surface area contributed by atoms with Gasteiger partial charge in [-0.1, -0.05) is 36.4 Å². The predicted molar refractivity (Wildman–Crippen MR) is 114 cm³/mol.